The number of piperazine rings is 1. The number of nitrogens with zero attached hydrogens (tertiary/aromatic N) is 3. The zero-order chi connectivity index (χ0) is 17.9. The molecule has 1 aliphatic heterocycles. The van der Waals surface area contributed by atoms with E-state index in [0.717, 1.165) is 47.5 Å². The molecule has 0 aliphatic carbocycles. The maximum absolute atomic E-state index is 11.8. The van der Waals surface area contributed by atoms with Gasteiger partial charge in [0.25, 0.3) is 0 Å². The second-order valence-corrected chi connectivity index (χ2v) is 6.50. The molecule has 1 aromatic carbocycles. The van der Waals surface area contributed by atoms with E-state index in [2.05, 4.69) is 50.1 Å². The number of pyridine rings is 1. The molecule has 0 bridgehead atoms. The van der Waals surface area contributed by atoms with Gasteiger partial charge >= 0.3 is 0 Å². The third-order valence-electron chi connectivity index (χ3n) is 4.86. The summed E-state index contributed by atoms with van der Waals surface area (Å²) in [7, 11) is 0. The number of benzene rings is 1. The number of H-pyrrole nitrogens is 1. The number of aromatic nitrogens is 2. The van der Waals surface area contributed by atoms with Gasteiger partial charge < -0.3 is 19.6 Å². The van der Waals surface area contributed by atoms with Gasteiger partial charge in [-0.05, 0) is 31.2 Å². The summed E-state index contributed by atoms with van der Waals surface area (Å²) in [5.74, 6) is 1.94. The minimum absolute atomic E-state index is 0.211. The normalized spacial score (nSPS) is 18.0. The van der Waals surface area contributed by atoms with Gasteiger partial charge in [-0.25, -0.2) is 4.98 Å². The summed E-state index contributed by atoms with van der Waals surface area (Å²) in [6.07, 6.45) is 6.92. The first-order valence-electron chi connectivity index (χ1n) is 8.92. The Hall–Kier alpha value is -3.08. The van der Waals surface area contributed by atoms with Gasteiger partial charge in [0.15, 0.2) is 0 Å². The van der Waals surface area contributed by atoms with Gasteiger partial charge in [-0.15, -0.1) is 0 Å². The van der Waals surface area contributed by atoms with Crippen LogP contribution in [0.1, 0.15) is 12.5 Å². The SMILES string of the molecule is CC=Cc1cccnc1N1CCN(c2cc3ccccc3[nH]2)C(C=O)C1. The Bertz CT molecular complexity index is 913. The highest BCUT2D eigenvalue weighted by Gasteiger charge is 2.29. The molecule has 4 rings (SSSR count). The Morgan fingerprint density at radius 2 is 2.08 bits per heavy atom. The molecule has 1 atom stereocenters. The number of fused-ring (bicyclic) bond motifs is 1. The summed E-state index contributed by atoms with van der Waals surface area (Å²) >= 11 is 0. The lowest BCUT2D eigenvalue weighted by Crippen LogP contribution is -2.54. The van der Waals surface area contributed by atoms with Crippen molar-refractivity contribution in [2.45, 2.75) is 13.0 Å². The topological polar surface area (TPSA) is 52.2 Å². The summed E-state index contributed by atoms with van der Waals surface area (Å²) in [5.41, 5.74) is 2.17. The highest BCUT2D eigenvalue weighted by molar-refractivity contribution is 5.85. The molecule has 1 fully saturated rings. The second-order valence-electron chi connectivity index (χ2n) is 6.50. The predicted octanol–water partition coefficient (Wildman–Crippen LogP) is 3.49. The molecule has 0 spiro atoms. The number of hydrogen-bond acceptors (Lipinski definition) is 4. The number of carbonyl (C=O) groups is 1. The van der Waals surface area contributed by atoms with Gasteiger partial charge in [-0.3, -0.25) is 0 Å². The third kappa shape index (κ3) is 2.96. The van der Waals surface area contributed by atoms with Crippen LogP contribution in [0.15, 0.2) is 54.7 Å². The molecule has 0 radical (unpaired) electrons. The largest absolute Gasteiger partial charge is 0.352 e. The second kappa shape index (κ2) is 7.04. The predicted molar refractivity (Wildman–Crippen MR) is 107 cm³/mol. The van der Waals surface area contributed by atoms with Gasteiger partial charge in [0.1, 0.15) is 24.0 Å². The number of hydrogen-bond donors (Lipinski definition) is 1. The average Bonchev–Trinajstić information content (AvgIpc) is 3.12. The van der Waals surface area contributed by atoms with Crippen molar-refractivity contribution in [1.29, 1.82) is 0 Å². The number of aromatic amines is 1. The van der Waals surface area contributed by atoms with Crippen molar-refractivity contribution in [3.63, 3.8) is 0 Å². The molecule has 1 aliphatic rings. The molecular formula is C21H22N4O. The minimum atomic E-state index is -0.211. The Morgan fingerprint density at radius 3 is 2.88 bits per heavy atom. The summed E-state index contributed by atoms with van der Waals surface area (Å²) in [6.45, 7) is 4.21. The number of para-hydroxylation sites is 1. The Balaban J connectivity index is 1.60. The van der Waals surface area contributed by atoms with E-state index in [1.165, 1.54) is 0 Å². The lowest BCUT2D eigenvalue weighted by atomic mass is 10.1. The van der Waals surface area contributed by atoms with E-state index >= 15 is 0 Å². The Morgan fingerprint density at radius 1 is 1.19 bits per heavy atom. The van der Waals surface area contributed by atoms with Crippen LogP contribution in [0, 0.1) is 0 Å². The van der Waals surface area contributed by atoms with E-state index < -0.39 is 0 Å². The number of allylic oxidation sites excluding steroid dienone is 1. The molecule has 2 aromatic heterocycles. The van der Waals surface area contributed by atoms with Crippen molar-refractivity contribution in [3.05, 3.63) is 60.3 Å². The van der Waals surface area contributed by atoms with Crippen LogP contribution in [0.25, 0.3) is 17.0 Å². The molecule has 26 heavy (non-hydrogen) atoms. The molecular weight excluding hydrogens is 324 g/mol. The first-order valence-corrected chi connectivity index (χ1v) is 8.92. The van der Waals surface area contributed by atoms with Gasteiger partial charge in [0.05, 0.1) is 0 Å². The fourth-order valence-corrected chi connectivity index (χ4v) is 3.61. The van der Waals surface area contributed by atoms with Crippen LogP contribution in [0.4, 0.5) is 11.6 Å². The summed E-state index contributed by atoms with van der Waals surface area (Å²) in [4.78, 5) is 24.2. The molecule has 1 N–H and O–H groups in total. The summed E-state index contributed by atoms with van der Waals surface area (Å²) < 4.78 is 0. The van der Waals surface area contributed by atoms with Crippen molar-refractivity contribution >= 4 is 34.9 Å². The van der Waals surface area contributed by atoms with Crippen molar-refractivity contribution in [2.75, 3.05) is 29.4 Å². The standard InChI is InChI=1S/C21H22N4O/c1-2-6-16-8-5-10-22-21(16)24-11-12-25(18(14-24)15-26)20-13-17-7-3-4-9-19(17)23-20/h2-10,13,15,18,23H,11-12,14H2,1H3. The first kappa shape index (κ1) is 16.4. The molecule has 5 nitrogen and oxygen atoms in total. The molecule has 0 saturated carbocycles. The van der Waals surface area contributed by atoms with Crippen molar-refractivity contribution < 1.29 is 4.79 Å². The van der Waals surface area contributed by atoms with E-state index in [1.54, 1.807) is 0 Å². The van der Waals surface area contributed by atoms with Crippen LogP contribution in [-0.4, -0.2) is 41.9 Å². The smallest absolute Gasteiger partial charge is 0.144 e. The van der Waals surface area contributed by atoms with Crippen molar-refractivity contribution in [3.8, 4) is 0 Å². The maximum Gasteiger partial charge on any atom is 0.144 e. The van der Waals surface area contributed by atoms with Crippen LogP contribution < -0.4 is 9.80 Å². The van der Waals surface area contributed by atoms with Crippen LogP contribution in [0.3, 0.4) is 0 Å². The molecule has 1 unspecified atom stereocenters. The van der Waals surface area contributed by atoms with E-state index in [1.807, 2.05) is 37.4 Å². The highest BCUT2D eigenvalue weighted by atomic mass is 16.1. The molecule has 3 aromatic rings. The fraction of sp³-hybridized carbons (Fsp3) is 0.238. The van der Waals surface area contributed by atoms with Crippen LogP contribution in [-0.2, 0) is 4.79 Å². The molecule has 132 valence electrons. The molecule has 1 saturated heterocycles. The van der Waals surface area contributed by atoms with Crippen molar-refractivity contribution in [1.82, 2.24) is 9.97 Å². The van der Waals surface area contributed by atoms with Crippen LogP contribution in [0.5, 0.6) is 0 Å². The number of carbonyl (C=O) groups excluding carboxylic acids is 1. The lowest BCUT2D eigenvalue weighted by Gasteiger charge is -2.40. The third-order valence-corrected chi connectivity index (χ3v) is 4.86. The highest BCUT2D eigenvalue weighted by Crippen LogP contribution is 2.27. The molecule has 5 heteroatoms. The van der Waals surface area contributed by atoms with Crippen LogP contribution in [0.2, 0.25) is 0 Å². The Labute approximate surface area is 153 Å². The molecule has 3 heterocycles. The number of anilines is 2. The number of rotatable bonds is 4. The summed E-state index contributed by atoms with van der Waals surface area (Å²) in [6, 6.07) is 14.1. The van der Waals surface area contributed by atoms with Crippen molar-refractivity contribution in [2.24, 2.45) is 0 Å². The number of aldehydes is 1. The number of nitrogens with one attached hydrogen (secondary N) is 1. The van der Waals surface area contributed by atoms with E-state index in [-0.39, 0.29) is 6.04 Å². The van der Waals surface area contributed by atoms with Gasteiger partial charge in [-0.1, -0.05) is 30.4 Å². The lowest BCUT2D eigenvalue weighted by molar-refractivity contribution is -0.109. The van der Waals surface area contributed by atoms with E-state index in [4.69, 9.17) is 0 Å². The zero-order valence-corrected chi connectivity index (χ0v) is 14.8. The van der Waals surface area contributed by atoms with Gasteiger partial charge in [0, 0.05) is 42.3 Å². The quantitative estimate of drug-likeness (QED) is 0.735. The fourth-order valence-electron chi connectivity index (χ4n) is 3.61. The average molecular weight is 346 g/mol. The summed E-state index contributed by atoms with van der Waals surface area (Å²) in [5, 5.41) is 1.16. The van der Waals surface area contributed by atoms with E-state index in [0.29, 0.717) is 6.54 Å². The van der Waals surface area contributed by atoms with Gasteiger partial charge in [-0.2, -0.15) is 0 Å². The Kier molecular flexibility index (Phi) is 4.44. The van der Waals surface area contributed by atoms with Crippen LogP contribution >= 0.6 is 0 Å². The maximum atomic E-state index is 11.8. The van der Waals surface area contributed by atoms with Gasteiger partial charge in [0.2, 0.25) is 0 Å². The minimum Gasteiger partial charge on any atom is -0.352 e. The first-order chi connectivity index (χ1) is 12.8. The zero-order valence-electron chi connectivity index (χ0n) is 14.8. The molecule has 0 amide bonds. The van der Waals surface area contributed by atoms with E-state index in [9.17, 15) is 4.79 Å². The monoisotopic (exact) mass is 346 g/mol.